The van der Waals surface area contributed by atoms with Crippen molar-refractivity contribution in [2.24, 2.45) is 34.8 Å². The molecule has 8 rings (SSSR count). The number of epoxide rings is 1. The Morgan fingerprint density at radius 2 is 1.47 bits per heavy atom. The molecule has 2 aliphatic heterocycles. The van der Waals surface area contributed by atoms with Crippen LogP contribution in [0.4, 0.5) is 15.3 Å². The average molecular weight is 1320 g/mol. The fourth-order valence-corrected chi connectivity index (χ4v) is 12.0. The number of carbonyl (C=O) groups excluding carboxylic acids is 9. The quantitative estimate of drug-likeness (QED) is 0.0130. The number of esters is 3. The Hall–Kier alpha value is -9.08. The lowest BCUT2D eigenvalue weighted by molar-refractivity contribution is -0.179. The van der Waals surface area contributed by atoms with Crippen molar-refractivity contribution in [3.8, 4) is 16.9 Å². The molecular formula is C73H87ClN6O15. The van der Waals surface area contributed by atoms with Crippen molar-refractivity contribution < 1.29 is 71.6 Å². The highest BCUT2D eigenvalue weighted by molar-refractivity contribution is 6.32. The van der Waals surface area contributed by atoms with E-state index in [2.05, 4.69) is 26.6 Å². The Labute approximate surface area is 559 Å². The van der Waals surface area contributed by atoms with E-state index < -0.39 is 95.4 Å². The van der Waals surface area contributed by atoms with Crippen LogP contribution in [0.1, 0.15) is 132 Å². The second-order valence-corrected chi connectivity index (χ2v) is 26.3. The number of amides is 6. The average Bonchev–Trinajstić information content (AvgIpc) is 1.63. The number of ether oxygens (including phenoxy) is 6. The highest BCUT2D eigenvalue weighted by atomic mass is 35.5. The fraction of sp³-hybridized carbons (Fsp3) is 0.438. The number of fused-ring (bicyclic) bond motifs is 3. The second-order valence-electron chi connectivity index (χ2n) is 25.9. The molecule has 0 saturated carbocycles. The predicted molar refractivity (Wildman–Crippen MR) is 357 cm³/mol. The van der Waals surface area contributed by atoms with Crippen molar-refractivity contribution in [3.05, 3.63) is 166 Å². The van der Waals surface area contributed by atoms with Gasteiger partial charge in [-0.3, -0.25) is 28.8 Å². The third kappa shape index (κ3) is 20.2. The summed E-state index contributed by atoms with van der Waals surface area (Å²) in [6.07, 6.45) is 0.485. The molecule has 8 atom stereocenters. The molecule has 0 unspecified atom stereocenters. The smallest absolute Gasteiger partial charge is 0.407 e. The van der Waals surface area contributed by atoms with Gasteiger partial charge in [-0.05, 0) is 126 Å². The van der Waals surface area contributed by atoms with Crippen LogP contribution in [0.15, 0.2) is 127 Å². The van der Waals surface area contributed by atoms with Gasteiger partial charge in [0, 0.05) is 62.2 Å². The number of nitrogens with one attached hydrogen (secondary N) is 5. The lowest BCUT2D eigenvalue weighted by atomic mass is 9.89. The lowest BCUT2D eigenvalue weighted by Gasteiger charge is -2.29. The van der Waals surface area contributed by atoms with E-state index in [1.807, 2.05) is 93.6 Å². The fourth-order valence-electron chi connectivity index (χ4n) is 11.7. The number of alkyl carbamates (subject to hydrolysis) is 1. The van der Waals surface area contributed by atoms with Crippen LogP contribution in [0.2, 0.25) is 5.02 Å². The molecule has 21 nitrogen and oxygen atoms in total. The summed E-state index contributed by atoms with van der Waals surface area (Å²) >= 11 is 6.40. The maximum Gasteiger partial charge on any atom is 0.407 e. The molecule has 0 bridgehead atoms. The highest BCUT2D eigenvalue weighted by Crippen LogP contribution is 2.46. The number of rotatable bonds is 26. The summed E-state index contributed by atoms with van der Waals surface area (Å²) in [5, 5.41) is 14.1. The van der Waals surface area contributed by atoms with Crippen LogP contribution in [0, 0.1) is 29.1 Å². The van der Waals surface area contributed by atoms with Crippen LogP contribution in [-0.4, -0.2) is 111 Å². The number of hydrogen-bond acceptors (Lipinski definition) is 15. The first kappa shape index (κ1) is 71.8. The molecular weight excluding hydrogens is 1240 g/mol. The normalized spacial score (nSPS) is 20.1. The number of nitrogens with two attached hydrogens (primary N) is 1. The minimum absolute atomic E-state index is 0.0243. The number of primary amides is 1. The number of Topliss-reactive ketones (excluding diaryl/α,β-unsaturated/α-hetero) is 1. The predicted octanol–water partition coefficient (Wildman–Crippen LogP) is 10.3. The lowest BCUT2D eigenvalue weighted by Crippen LogP contribution is -2.51. The molecule has 22 heteroatoms. The maximum atomic E-state index is 14.0. The largest absolute Gasteiger partial charge is 0.495 e. The van der Waals surface area contributed by atoms with E-state index in [9.17, 15) is 43.2 Å². The molecule has 5 aromatic carbocycles. The molecule has 1 fully saturated rings. The first-order valence-corrected chi connectivity index (χ1v) is 32.7. The van der Waals surface area contributed by atoms with Gasteiger partial charge in [0.2, 0.25) is 17.7 Å². The number of methoxy groups -OCH3 is 1. The number of anilines is 1. The number of cyclic esters (lactones) is 2. The van der Waals surface area contributed by atoms with Gasteiger partial charge < -0.3 is 60.7 Å². The van der Waals surface area contributed by atoms with Gasteiger partial charge >= 0.3 is 30.0 Å². The van der Waals surface area contributed by atoms with Gasteiger partial charge in [0.15, 0.2) is 11.9 Å². The molecule has 1 aliphatic carbocycles. The van der Waals surface area contributed by atoms with Crippen LogP contribution in [-0.2, 0) is 76.7 Å². The summed E-state index contributed by atoms with van der Waals surface area (Å²) in [6.45, 7) is 12.5. The highest BCUT2D eigenvalue weighted by Gasteiger charge is 2.48. The monoisotopic (exact) mass is 1320 g/mol. The molecule has 0 radical (unpaired) electrons. The third-order valence-corrected chi connectivity index (χ3v) is 17.6. The number of aryl methyl sites for hydroxylation is 1. The van der Waals surface area contributed by atoms with Crippen LogP contribution in [0.25, 0.3) is 11.1 Å². The molecule has 0 aromatic heterocycles. The van der Waals surface area contributed by atoms with Gasteiger partial charge in [-0.15, -0.1) is 0 Å². The molecule has 3 aliphatic rings. The Bertz CT molecular complexity index is 3550. The second kappa shape index (κ2) is 33.3. The number of urea groups is 1. The van der Waals surface area contributed by atoms with E-state index >= 15 is 0 Å². The first-order chi connectivity index (χ1) is 45.4. The summed E-state index contributed by atoms with van der Waals surface area (Å²) in [5.74, 6) is -5.15. The van der Waals surface area contributed by atoms with Gasteiger partial charge in [0.1, 0.15) is 37.2 Å². The SMILES string of the molecule is COc1ccc(C[C@H]2NC(=O)/C=C/C[C@@H]([C@H](C)[C@H]3O[C@@H]3c3ccc(CCC(=O)OCc4ccc(NC(=O)[C@@H](CCCNC(N)=O)CC(=O)[C@@H](NC(=O)OCC5c6ccccc6-c6ccccc65)C(C)C)cc4)cc3)OC(=O)[C@H](CC(C)C)OC(=O)C(C)(C)CNC2=O)cc1Cl. The molecule has 0 spiro atoms. The Kier molecular flexibility index (Phi) is 25.2. The van der Waals surface area contributed by atoms with Crippen LogP contribution < -0.4 is 37.1 Å². The molecule has 1 saturated heterocycles. The van der Waals surface area contributed by atoms with E-state index in [4.69, 9.17) is 45.8 Å². The Morgan fingerprint density at radius 3 is 2.12 bits per heavy atom. The van der Waals surface area contributed by atoms with Crippen LogP contribution >= 0.6 is 11.6 Å². The van der Waals surface area contributed by atoms with E-state index in [-0.39, 0.29) is 94.5 Å². The molecule has 506 valence electrons. The third-order valence-electron chi connectivity index (χ3n) is 17.3. The zero-order chi connectivity index (χ0) is 68.5. The standard InChI is InChI=1S/C73H87ClN6O15/c1-42(2)35-61-69(86)93-59(20-13-21-62(82)79-57(37-47-26-32-60(90-8)56(74)36-47)68(85)77-41-73(6,7)70(87)94-61)44(5)65-66(95-65)48-28-22-45(23-29-48)27-33-63(83)91-39-46-24-30-50(31-25-46)78-67(84)49(15-14-34-76-71(75)88)38-58(81)64(43(3)4)80-72(89)92-40-55-53-18-11-9-16-51(53)52-17-10-12-19-54(52)55/h9-13,16-19,21-26,28-32,36,42-44,49,55,57,59,61,64-66H,14-15,20,27,33-35,37-41H2,1-8H3,(H,77,85)(H,78,84)(H,79,82)(H,80,89)(H3,75,76,88)/b21-13+/t44-,49-,57+,59-,61-,64-,65+,66+/m0/s1. The van der Waals surface area contributed by atoms with Gasteiger partial charge in [-0.25, -0.2) is 14.4 Å². The van der Waals surface area contributed by atoms with E-state index in [0.29, 0.717) is 40.4 Å². The number of halogens is 1. The van der Waals surface area contributed by atoms with Crippen LogP contribution in [0.5, 0.6) is 5.75 Å². The number of hydrogen-bond donors (Lipinski definition) is 6. The number of carbonyl (C=O) groups is 9. The maximum absolute atomic E-state index is 14.0. The van der Waals surface area contributed by atoms with Crippen molar-refractivity contribution in [1.82, 2.24) is 21.3 Å². The molecule has 6 amide bonds. The first-order valence-electron chi connectivity index (χ1n) is 32.3. The Morgan fingerprint density at radius 1 is 0.811 bits per heavy atom. The van der Waals surface area contributed by atoms with Crippen molar-refractivity contribution in [3.63, 3.8) is 0 Å². The number of benzene rings is 5. The van der Waals surface area contributed by atoms with Gasteiger partial charge in [-0.2, -0.15) is 0 Å². The summed E-state index contributed by atoms with van der Waals surface area (Å²) in [6, 6.07) is 32.7. The van der Waals surface area contributed by atoms with Gasteiger partial charge in [0.05, 0.1) is 29.7 Å². The van der Waals surface area contributed by atoms with Crippen molar-refractivity contribution in [1.29, 1.82) is 0 Å². The zero-order valence-electron chi connectivity index (χ0n) is 55.0. The summed E-state index contributed by atoms with van der Waals surface area (Å²) in [7, 11) is 1.49. The van der Waals surface area contributed by atoms with Crippen molar-refractivity contribution in [2.45, 2.75) is 149 Å². The minimum atomic E-state index is -1.28. The van der Waals surface area contributed by atoms with E-state index in [1.54, 1.807) is 76.2 Å². The minimum Gasteiger partial charge on any atom is -0.495 e. The summed E-state index contributed by atoms with van der Waals surface area (Å²) in [5.41, 5.74) is 11.8. The zero-order valence-corrected chi connectivity index (χ0v) is 55.8. The molecule has 7 N–H and O–H groups in total. The van der Waals surface area contributed by atoms with E-state index in [0.717, 1.165) is 33.4 Å². The van der Waals surface area contributed by atoms with Crippen LogP contribution in [0.3, 0.4) is 0 Å². The summed E-state index contributed by atoms with van der Waals surface area (Å²) < 4.78 is 34.9. The Balaban J connectivity index is 0.821. The topological polar surface area (TPSA) is 298 Å². The molecule has 2 heterocycles. The number of ketones is 1. The van der Waals surface area contributed by atoms with E-state index in [1.165, 1.54) is 13.2 Å². The summed E-state index contributed by atoms with van der Waals surface area (Å²) in [4.78, 5) is 121. The molecule has 5 aromatic rings. The molecule has 95 heavy (non-hydrogen) atoms. The van der Waals surface area contributed by atoms with Gasteiger partial charge in [-0.1, -0.05) is 143 Å². The van der Waals surface area contributed by atoms with Crippen molar-refractivity contribution in [2.75, 3.05) is 32.1 Å². The van der Waals surface area contributed by atoms with Gasteiger partial charge in [0.25, 0.3) is 0 Å². The van der Waals surface area contributed by atoms with Crippen molar-refractivity contribution >= 4 is 70.8 Å².